The van der Waals surface area contributed by atoms with Gasteiger partial charge in [0.1, 0.15) is 6.04 Å². The number of ether oxygens (including phenoxy) is 2. The van der Waals surface area contributed by atoms with Crippen LogP contribution in [0.4, 0.5) is 0 Å². The molecule has 2 rings (SSSR count). The van der Waals surface area contributed by atoms with Crippen LogP contribution in [0, 0.1) is 0 Å². The van der Waals surface area contributed by atoms with Crippen LogP contribution in [0.3, 0.4) is 0 Å². The Labute approximate surface area is 159 Å². The molecule has 0 unspecified atom stereocenters. The van der Waals surface area contributed by atoms with Crippen molar-refractivity contribution in [2.45, 2.75) is 18.9 Å². The Morgan fingerprint density at radius 1 is 1.19 bits per heavy atom. The lowest BCUT2D eigenvalue weighted by molar-refractivity contribution is -0.136. The number of nitrogens with one attached hydrogen (secondary N) is 1. The third-order valence-electron chi connectivity index (χ3n) is 3.77. The molecule has 0 saturated carbocycles. The number of sulfonamides is 1. The van der Waals surface area contributed by atoms with Crippen LogP contribution in [0.25, 0.3) is 0 Å². The zero-order valence-corrected chi connectivity index (χ0v) is 16.2. The Morgan fingerprint density at radius 2 is 1.89 bits per heavy atom. The summed E-state index contributed by atoms with van der Waals surface area (Å²) in [5.74, 6) is -0.0575. The Kier molecular flexibility index (Phi) is 7.15. The molecule has 0 amide bonds. The second-order valence-corrected chi connectivity index (χ2v) is 7.77. The lowest BCUT2D eigenvalue weighted by Gasteiger charge is -2.19. The zero-order chi connectivity index (χ0) is 19.9. The topological polar surface area (TPSA) is 81.7 Å². The Hall–Kier alpha value is -2.64. The van der Waals surface area contributed by atoms with Gasteiger partial charge in [-0.2, -0.15) is 0 Å². The smallest absolute Gasteiger partial charge is 0.330 e. The number of rotatable bonds is 9. The molecule has 2 aromatic carbocycles. The maximum absolute atomic E-state index is 12.8. The Balaban J connectivity index is 2.31. The fraction of sp³-hybridized carbons (Fsp3) is 0.250. The van der Waals surface area contributed by atoms with Gasteiger partial charge in [-0.15, -0.1) is 6.58 Å². The second-order valence-electron chi connectivity index (χ2n) is 5.99. The van der Waals surface area contributed by atoms with E-state index < -0.39 is 22.0 Å². The fourth-order valence-electron chi connectivity index (χ4n) is 2.61. The third kappa shape index (κ3) is 6.23. The van der Waals surface area contributed by atoms with Gasteiger partial charge in [0.2, 0.25) is 10.0 Å². The summed E-state index contributed by atoms with van der Waals surface area (Å²) < 4.78 is 36.6. The van der Waals surface area contributed by atoms with Crippen molar-refractivity contribution in [3.8, 4) is 11.5 Å². The first-order valence-corrected chi connectivity index (χ1v) is 10.2. The summed E-state index contributed by atoms with van der Waals surface area (Å²) in [5, 5.41) is 0. The second kappa shape index (κ2) is 9.34. The predicted octanol–water partition coefficient (Wildman–Crippen LogP) is 2.49. The van der Waals surface area contributed by atoms with Gasteiger partial charge in [0.25, 0.3) is 0 Å². The summed E-state index contributed by atoms with van der Waals surface area (Å²) in [5.41, 5.74) is 1.53. The molecule has 0 aromatic heterocycles. The van der Waals surface area contributed by atoms with Crippen LogP contribution >= 0.6 is 0 Å². The standard InChI is InChI=1S/C20H23NO5S/c1-4-9-16-12-8-13-18(25-2)19(16)26-20(22)17(21-27(3,23)24)14-15-10-6-5-7-11-15/h4-8,10-13,17,21H,1,9,14H2,2-3H3/t17-/m0/s1. The average Bonchev–Trinajstić information content (AvgIpc) is 2.62. The van der Waals surface area contributed by atoms with Crippen LogP contribution in [0.1, 0.15) is 11.1 Å². The first kappa shape index (κ1) is 20.7. The van der Waals surface area contributed by atoms with Gasteiger partial charge in [-0.25, -0.2) is 17.9 Å². The van der Waals surface area contributed by atoms with Crippen molar-refractivity contribution in [1.29, 1.82) is 0 Å². The highest BCUT2D eigenvalue weighted by Crippen LogP contribution is 2.32. The van der Waals surface area contributed by atoms with E-state index in [1.165, 1.54) is 7.11 Å². The molecule has 0 fully saturated rings. The molecule has 0 heterocycles. The summed E-state index contributed by atoms with van der Waals surface area (Å²) in [4.78, 5) is 12.8. The van der Waals surface area contributed by atoms with Gasteiger partial charge in [-0.05, 0) is 24.5 Å². The normalized spacial score (nSPS) is 12.2. The van der Waals surface area contributed by atoms with Crippen molar-refractivity contribution in [2.24, 2.45) is 0 Å². The Bertz CT molecular complexity index is 894. The lowest BCUT2D eigenvalue weighted by Crippen LogP contribution is -2.44. The summed E-state index contributed by atoms with van der Waals surface area (Å²) in [7, 11) is -2.14. The van der Waals surface area contributed by atoms with Gasteiger partial charge in [0, 0.05) is 5.56 Å². The van der Waals surface area contributed by atoms with Crippen molar-refractivity contribution in [1.82, 2.24) is 4.72 Å². The van der Waals surface area contributed by atoms with Crippen LogP contribution in [0.2, 0.25) is 0 Å². The number of allylic oxidation sites excluding steroid dienone is 1. The molecule has 6 nitrogen and oxygen atoms in total. The zero-order valence-electron chi connectivity index (χ0n) is 15.3. The van der Waals surface area contributed by atoms with Crippen molar-refractivity contribution in [2.75, 3.05) is 13.4 Å². The van der Waals surface area contributed by atoms with Crippen LogP contribution in [-0.4, -0.2) is 33.8 Å². The summed E-state index contributed by atoms with van der Waals surface area (Å²) >= 11 is 0. The molecule has 7 heteroatoms. The molecule has 0 radical (unpaired) electrons. The number of hydrogen-bond acceptors (Lipinski definition) is 5. The fourth-order valence-corrected chi connectivity index (χ4v) is 3.30. The van der Waals surface area contributed by atoms with E-state index in [-0.39, 0.29) is 12.2 Å². The molecule has 0 saturated heterocycles. The number of carbonyl (C=O) groups is 1. The van der Waals surface area contributed by atoms with Crippen molar-refractivity contribution >= 4 is 16.0 Å². The van der Waals surface area contributed by atoms with Crippen molar-refractivity contribution in [3.05, 3.63) is 72.3 Å². The summed E-state index contributed by atoms with van der Waals surface area (Å²) in [6.07, 6.45) is 3.33. The molecule has 0 aliphatic rings. The average molecular weight is 389 g/mol. The Morgan fingerprint density at radius 3 is 2.48 bits per heavy atom. The lowest BCUT2D eigenvalue weighted by atomic mass is 10.1. The van der Waals surface area contributed by atoms with E-state index in [1.807, 2.05) is 30.3 Å². The van der Waals surface area contributed by atoms with E-state index in [9.17, 15) is 13.2 Å². The SMILES string of the molecule is C=CCc1cccc(OC)c1OC(=O)[C@H](Cc1ccccc1)NS(C)(=O)=O. The van der Waals surface area contributed by atoms with E-state index >= 15 is 0 Å². The van der Waals surface area contributed by atoms with Gasteiger partial charge < -0.3 is 9.47 Å². The molecular formula is C20H23NO5S. The summed E-state index contributed by atoms with van der Waals surface area (Å²) in [6.45, 7) is 3.70. The van der Waals surface area contributed by atoms with Gasteiger partial charge in [0.05, 0.1) is 13.4 Å². The molecule has 0 bridgehead atoms. The van der Waals surface area contributed by atoms with Crippen molar-refractivity contribution in [3.63, 3.8) is 0 Å². The molecule has 0 aliphatic heterocycles. The highest BCUT2D eigenvalue weighted by Gasteiger charge is 2.26. The van der Waals surface area contributed by atoms with Crippen LogP contribution in [0.15, 0.2) is 61.2 Å². The summed E-state index contributed by atoms with van der Waals surface area (Å²) in [6, 6.07) is 13.3. The minimum atomic E-state index is -3.62. The van der Waals surface area contributed by atoms with E-state index in [0.717, 1.165) is 17.4 Å². The number of para-hydroxylation sites is 1. The monoisotopic (exact) mass is 389 g/mol. The van der Waals surface area contributed by atoms with Gasteiger partial charge in [0.15, 0.2) is 11.5 Å². The van der Waals surface area contributed by atoms with Gasteiger partial charge in [-0.1, -0.05) is 48.5 Å². The van der Waals surface area contributed by atoms with Crippen LogP contribution in [-0.2, 0) is 27.7 Å². The molecule has 0 aliphatic carbocycles. The highest BCUT2D eigenvalue weighted by molar-refractivity contribution is 7.88. The van der Waals surface area contributed by atoms with Gasteiger partial charge >= 0.3 is 5.97 Å². The maximum Gasteiger partial charge on any atom is 0.330 e. The minimum Gasteiger partial charge on any atom is -0.493 e. The molecular weight excluding hydrogens is 366 g/mol. The number of carbonyl (C=O) groups excluding carboxylic acids is 1. The quantitative estimate of drug-likeness (QED) is 0.405. The van der Waals surface area contributed by atoms with E-state index in [4.69, 9.17) is 9.47 Å². The van der Waals surface area contributed by atoms with E-state index in [0.29, 0.717) is 12.2 Å². The van der Waals surface area contributed by atoms with Crippen LogP contribution in [0.5, 0.6) is 11.5 Å². The number of methoxy groups -OCH3 is 1. The van der Waals surface area contributed by atoms with Crippen molar-refractivity contribution < 1.29 is 22.7 Å². The largest absolute Gasteiger partial charge is 0.493 e. The molecule has 2 aromatic rings. The molecule has 0 spiro atoms. The minimum absolute atomic E-state index is 0.165. The first-order valence-electron chi connectivity index (χ1n) is 8.33. The predicted molar refractivity (Wildman–Crippen MR) is 104 cm³/mol. The number of hydrogen-bond donors (Lipinski definition) is 1. The van der Waals surface area contributed by atoms with E-state index in [2.05, 4.69) is 11.3 Å². The number of esters is 1. The van der Waals surface area contributed by atoms with Gasteiger partial charge in [-0.3, -0.25) is 0 Å². The van der Waals surface area contributed by atoms with E-state index in [1.54, 1.807) is 24.3 Å². The molecule has 1 atom stereocenters. The highest BCUT2D eigenvalue weighted by atomic mass is 32.2. The van der Waals surface area contributed by atoms with Crippen LogP contribution < -0.4 is 14.2 Å². The number of benzene rings is 2. The molecule has 27 heavy (non-hydrogen) atoms. The first-order chi connectivity index (χ1) is 12.8. The maximum atomic E-state index is 12.8. The molecule has 144 valence electrons. The molecule has 1 N–H and O–H groups in total. The third-order valence-corrected chi connectivity index (χ3v) is 4.48.